The molecule has 1 atom stereocenters. The van der Waals surface area contributed by atoms with Crippen LogP contribution in [0.15, 0.2) is 29.1 Å². The van der Waals surface area contributed by atoms with E-state index < -0.39 is 23.4 Å². The van der Waals surface area contributed by atoms with Crippen molar-refractivity contribution in [2.45, 2.75) is 19.3 Å². The molecule has 1 unspecified atom stereocenters. The van der Waals surface area contributed by atoms with E-state index in [9.17, 15) is 19.5 Å². The highest BCUT2D eigenvalue weighted by molar-refractivity contribution is 5.87. The minimum absolute atomic E-state index is 0.0724. The number of aromatic nitrogens is 2. The van der Waals surface area contributed by atoms with E-state index in [2.05, 4.69) is 9.97 Å². The fraction of sp³-hybridized carbons (Fsp3) is 0.250. The standard InChI is InChI=1S/C16H18N4O5/c17-12-11(13(21)20-16(18)19-12)7-10(15(24)25)6-3-8-1-4-9(5-2-8)14(22)23/h1-2,4-5,10H,3,6-7H2,(H,22,23)(H,24,25)(H5,17,18,19,20,21). The maximum absolute atomic E-state index is 11.9. The van der Waals surface area contributed by atoms with Gasteiger partial charge in [0.1, 0.15) is 5.82 Å². The smallest absolute Gasteiger partial charge is 0.335 e. The van der Waals surface area contributed by atoms with Crippen LogP contribution >= 0.6 is 0 Å². The number of carboxylic acid groups (broad SMARTS) is 2. The van der Waals surface area contributed by atoms with Crippen molar-refractivity contribution < 1.29 is 19.8 Å². The van der Waals surface area contributed by atoms with E-state index in [1.165, 1.54) is 12.1 Å². The van der Waals surface area contributed by atoms with Gasteiger partial charge in [0.25, 0.3) is 5.56 Å². The van der Waals surface area contributed by atoms with Gasteiger partial charge in [-0.2, -0.15) is 4.98 Å². The van der Waals surface area contributed by atoms with Gasteiger partial charge in [-0.15, -0.1) is 0 Å². The summed E-state index contributed by atoms with van der Waals surface area (Å²) in [6.45, 7) is 0. The Labute approximate surface area is 142 Å². The van der Waals surface area contributed by atoms with Gasteiger partial charge in [0, 0.05) is 0 Å². The Hall–Kier alpha value is -3.36. The zero-order chi connectivity index (χ0) is 18.6. The molecule has 0 radical (unpaired) electrons. The van der Waals surface area contributed by atoms with Gasteiger partial charge in [-0.05, 0) is 37.0 Å². The average molecular weight is 346 g/mol. The van der Waals surface area contributed by atoms with Gasteiger partial charge in [0.2, 0.25) is 5.95 Å². The van der Waals surface area contributed by atoms with Crippen LogP contribution in [0.4, 0.5) is 11.8 Å². The predicted molar refractivity (Wildman–Crippen MR) is 90.2 cm³/mol. The summed E-state index contributed by atoms with van der Waals surface area (Å²) < 4.78 is 0. The number of hydrogen-bond acceptors (Lipinski definition) is 6. The summed E-state index contributed by atoms with van der Waals surface area (Å²) in [6.07, 6.45) is 0.596. The lowest BCUT2D eigenvalue weighted by Gasteiger charge is -2.13. The Balaban J connectivity index is 2.10. The van der Waals surface area contributed by atoms with Crippen molar-refractivity contribution in [2.24, 2.45) is 5.92 Å². The number of nitrogens with two attached hydrogens (primary N) is 2. The fourth-order valence-electron chi connectivity index (χ4n) is 2.44. The lowest BCUT2D eigenvalue weighted by molar-refractivity contribution is -0.141. The summed E-state index contributed by atoms with van der Waals surface area (Å²) >= 11 is 0. The molecular formula is C16H18N4O5. The van der Waals surface area contributed by atoms with Crippen LogP contribution in [0.25, 0.3) is 0 Å². The quantitative estimate of drug-likeness (QED) is 0.482. The van der Waals surface area contributed by atoms with Crippen molar-refractivity contribution in [1.82, 2.24) is 9.97 Å². The van der Waals surface area contributed by atoms with Gasteiger partial charge >= 0.3 is 11.9 Å². The Morgan fingerprint density at radius 2 is 1.80 bits per heavy atom. The number of rotatable bonds is 7. The summed E-state index contributed by atoms with van der Waals surface area (Å²) in [6, 6.07) is 6.18. The highest BCUT2D eigenvalue weighted by Crippen LogP contribution is 2.17. The van der Waals surface area contributed by atoms with Crippen molar-refractivity contribution in [3.05, 3.63) is 51.3 Å². The number of benzene rings is 1. The van der Waals surface area contributed by atoms with Crippen molar-refractivity contribution in [1.29, 1.82) is 0 Å². The number of nitrogens with zero attached hydrogens (tertiary/aromatic N) is 1. The number of aryl methyl sites for hydroxylation is 1. The molecule has 9 nitrogen and oxygen atoms in total. The Morgan fingerprint density at radius 1 is 1.16 bits per heavy atom. The van der Waals surface area contributed by atoms with Gasteiger partial charge in [-0.3, -0.25) is 14.6 Å². The van der Waals surface area contributed by atoms with Crippen LogP contribution in [-0.2, 0) is 17.6 Å². The molecule has 0 spiro atoms. The molecule has 0 aliphatic rings. The third-order valence-corrected chi connectivity index (χ3v) is 3.85. The average Bonchev–Trinajstić information content (AvgIpc) is 2.53. The molecule has 0 bridgehead atoms. The number of anilines is 2. The highest BCUT2D eigenvalue weighted by Gasteiger charge is 2.22. The van der Waals surface area contributed by atoms with Gasteiger partial charge < -0.3 is 21.7 Å². The van der Waals surface area contributed by atoms with E-state index in [0.717, 1.165) is 5.56 Å². The van der Waals surface area contributed by atoms with Gasteiger partial charge in [0.05, 0.1) is 17.0 Å². The predicted octanol–water partition coefficient (Wildman–Crippen LogP) is 0.509. The number of nitrogens with one attached hydrogen (secondary N) is 1. The second kappa shape index (κ2) is 7.47. The van der Waals surface area contributed by atoms with Crippen LogP contribution in [-0.4, -0.2) is 32.1 Å². The molecule has 1 aromatic carbocycles. The first kappa shape index (κ1) is 18.0. The molecule has 0 fully saturated rings. The molecule has 2 aromatic rings. The van der Waals surface area contributed by atoms with E-state index >= 15 is 0 Å². The number of hydrogen-bond donors (Lipinski definition) is 5. The lowest BCUT2D eigenvalue weighted by Crippen LogP contribution is -2.25. The second-order valence-electron chi connectivity index (χ2n) is 5.59. The molecule has 9 heteroatoms. The molecular weight excluding hydrogens is 328 g/mol. The first-order valence-electron chi connectivity index (χ1n) is 7.47. The Bertz CT molecular complexity index is 845. The normalized spacial score (nSPS) is 11.8. The van der Waals surface area contributed by atoms with E-state index in [1.54, 1.807) is 12.1 Å². The van der Waals surface area contributed by atoms with E-state index in [-0.39, 0.29) is 35.7 Å². The maximum atomic E-state index is 11.9. The number of aromatic carboxylic acids is 1. The van der Waals surface area contributed by atoms with Crippen LogP contribution in [0, 0.1) is 5.92 Å². The number of H-pyrrole nitrogens is 1. The molecule has 25 heavy (non-hydrogen) atoms. The molecule has 1 heterocycles. The van der Waals surface area contributed by atoms with Crippen LogP contribution in [0.1, 0.15) is 27.9 Å². The summed E-state index contributed by atoms with van der Waals surface area (Å²) in [5.74, 6) is -3.14. The lowest BCUT2D eigenvalue weighted by atomic mass is 9.93. The van der Waals surface area contributed by atoms with Gasteiger partial charge in [0.15, 0.2) is 0 Å². The first-order valence-corrected chi connectivity index (χ1v) is 7.47. The summed E-state index contributed by atoms with van der Waals surface area (Å²) in [7, 11) is 0. The third kappa shape index (κ3) is 4.56. The summed E-state index contributed by atoms with van der Waals surface area (Å²) in [4.78, 5) is 40.2. The third-order valence-electron chi connectivity index (χ3n) is 3.85. The molecule has 0 aliphatic carbocycles. The summed E-state index contributed by atoms with van der Waals surface area (Å²) in [5, 5.41) is 18.3. The van der Waals surface area contributed by atoms with Crippen molar-refractivity contribution in [2.75, 3.05) is 11.5 Å². The van der Waals surface area contributed by atoms with Crippen LogP contribution in [0.5, 0.6) is 0 Å². The highest BCUT2D eigenvalue weighted by atomic mass is 16.4. The zero-order valence-electron chi connectivity index (χ0n) is 13.2. The van der Waals surface area contributed by atoms with E-state index in [0.29, 0.717) is 6.42 Å². The molecule has 132 valence electrons. The number of carboxylic acids is 2. The topological polar surface area (TPSA) is 172 Å². The van der Waals surface area contributed by atoms with Gasteiger partial charge in [-0.1, -0.05) is 12.1 Å². The molecule has 2 rings (SSSR count). The number of nitrogen functional groups attached to an aromatic ring is 2. The molecule has 7 N–H and O–H groups in total. The first-order chi connectivity index (χ1) is 11.8. The van der Waals surface area contributed by atoms with Crippen LogP contribution < -0.4 is 17.0 Å². The number of aromatic amines is 1. The maximum Gasteiger partial charge on any atom is 0.335 e. The van der Waals surface area contributed by atoms with Gasteiger partial charge in [-0.25, -0.2) is 4.79 Å². The molecule has 0 amide bonds. The minimum Gasteiger partial charge on any atom is -0.481 e. The number of carbonyl (C=O) groups is 2. The van der Waals surface area contributed by atoms with Crippen molar-refractivity contribution >= 4 is 23.7 Å². The Kier molecular flexibility index (Phi) is 5.38. The zero-order valence-corrected chi connectivity index (χ0v) is 13.2. The van der Waals surface area contributed by atoms with Crippen molar-refractivity contribution in [3.8, 4) is 0 Å². The second-order valence-corrected chi connectivity index (χ2v) is 5.59. The van der Waals surface area contributed by atoms with Crippen LogP contribution in [0.3, 0.4) is 0 Å². The molecule has 0 saturated carbocycles. The minimum atomic E-state index is -1.06. The SMILES string of the molecule is Nc1nc(N)c(CC(CCc2ccc(C(=O)O)cc2)C(=O)O)c(=O)[nH]1. The van der Waals surface area contributed by atoms with Crippen LogP contribution in [0.2, 0.25) is 0 Å². The largest absolute Gasteiger partial charge is 0.481 e. The van der Waals surface area contributed by atoms with E-state index in [1.807, 2.05) is 0 Å². The Morgan fingerprint density at radius 3 is 2.32 bits per heavy atom. The molecule has 0 saturated heterocycles. The molecule has 0 aliphatic heterocycles. The van der Waals surface area contributed by atoms with E-state index in [4.69, 9.17) is 16.6 Å². The van der Waals surface area contributed by atoms with Crippen molar-refractivity contribution in [3.63, 3.8) is 0 Å². The molecule has 1 aromatic heterocycles. The fourth-order valence-corrected chi connectivity index (χ4v) is 2.44. The number of aliphatic carboxylic acids is 1. The monoisotopic (exact) mass is 346 g/mol. The summed E-state index contributed by atoms with van der Waals surface area (Å²) in [5.41, 5.74) is 11.5.